The van der Waals surface area contributed by atoms with Crippen LogP contribution in [0, 0.1) is 13.8 Å². The van der Waals surface area contributed by atoms with Gasteiger partial charge in [0.2, 0.25) is 0 Å². The third-order valence-corrected chi connectivity index (χ3v) is 4.56. The first-order valence-electron chi connectivity index (χ1n) is 6.40. The van der Waals surface area contributed by atoms with Crippen molar-refractivity contribution in [2.45, 2.75) is 13.8 Å². The second-order valence-corrected chi connectivity index (χ2v) is 5.79. The number of nitrogens with one attached hydrogen (secondary N) is 2. The van der Waals surface area contributed by atoms with Crippen LogP contribution < -0.4 is 16.8 Å². The molecule has 0 unspecified atom stereocenters. The second-order valence-electron chi connectivity index (χ2n) is 5.00. The number of halogens is 1. The van der Waals surface area contributed by atoms with E-state index in [1.807, 2.05) is 26.0 Å². The average Bonchev–Trinajstić information content (AvgIpc) is 2.75. The maximum absolute atomic E-state index is 11.2. The fraction of sp³-hybridized carbons (Fsp3) is 0.133. The summed E-state index contributed by atoms with van der Waals surface area (Å²) in [5, 5.41) is 3.27. The molecule has 0 aliphatic rings. The Labute approximate surface area is 129 Å². The number of rotatable bonds is 2. The van der Waals surface area contributed by atoms with Gasteiger partial charge in [0.05, 0.1) is 16.9 Å². The largest absolute Gasteiger partial charge is 0.417 e. The van der Waals surface area contributed by atoms with E-state index in [1.54, 1.807) is 12.1 Å². The standard InChI is InChI=1S/C15H14BrN3O2/c1-7-3-9(4-8(2)14(7)16)18-11-6-12-13(5-10(11)17)21-15(20)19-12/h3-6,18H,17H2,1-2H3,(H,19,20). The summed E-state index contributed by atoms with van der Waals surface area (Å²) in [6, 6.07) is 7.45. The Kier molecular flexibility index (Phi) is 3.25. The van der Waals surface area contributed by atoms with Gasteiger partial charge in [-0.25, -0.2) is 4.79 Å². The zero-order chi connectivity index (χ0) is 15.1. The van der Waals surface area contributed by atoms with Crippen LogP contribution in [0.15, 0.2) is 37.9 Å². The summed E-state index contributed by atoms with van der Waals surface area (Å²) in [6.45, 7) is 4.06. The normalized spacial score (nSPS) is 11.0. The van der Waals surface area contributed by atoms with Crippen molar-refractivity contribution in [1.29, 1.82) is 0 Å². The van der Waals surface area contributed by atoms with Crippen molar-refractivity contribution in [2.75, 3.05) is 11.1 Å². The summed E-state index contributed by atoms with van der Waals surface area (Å²) in [5.74, 6) is -0.489. The van der Waals surface area contributed by atoms with Crippen LogP contribution in [-0.2, 0) is 0 Å². The summed E-state index contributed by atoms with van der Waals surface area (Å²) in [7, 11) is 0. The van der Waals surface area contributed by atoms with Crippen molar-refractivity contribution < 1.29 is 4.42 Å². The monoisotopic (exact) mass is 347 g/mol. The van der Waals surface area contributed by atoms with Gasteiger partial charge in [0.1, 0.15) is 0 Å². The molecule has 5 nitrogen and oxygen atoms in total. The van der Waals surface area contributed by atoms with Crippen molar-refractivity contribution in [3.05, 3.63) is 50.4 Å². The van der Waals surface area contributed by atoms with Gasteiger partial charge in [-0.15, -0.1) is 0 Å². The maximum Gasteiger partial charge on any atom is 0.417 e. The first kappa shape index (κ1) is 13.8. The maximum atomic E-state index is 11.2. The Bertz CT molecular complexity index is 873. The topological polar surface area (TPSA) is 84.0 Å². The minimum atomic E-state index is -0.489. The summed E-state index contributed by atoms with van der Waals surface area (Å²) in [6.07, 6.45) is 0. The molecule has 0 atom stereocenters. The van der Waals surface area contributed by atoms with Gasteiger partial charge < -0.3 is 15.5 Å². The van der Waals surface area contributed by atoms with Gasteiger partial charge in [0, 0.05) is 16.2 Å². The van der Waals surface area contributed by atoms with Gasteiger partial charge >= 0.3 is 5.76 Å². The number of hydrogen-bond donors (Lipinski definition) is 3. The fourth-order valence-electron chi connectivity index (χ4n) is 2.29. The average molecular weight is 348 g/mol. The Morgan fingerprint density at radius 3 is 2.52 bits per heavy atom. The molecule has 0 radical (unpaired) electrons. The Balaban J connectivity index is 2.05. The third-order valence-electron chi connectivity index (χ3n) is 3.31. The number of anilines is 3. The van der Waals surface area contributed by atoms with Crippen LogP contribution in [0.2, 0.25) is 0 Å². The molecule has 6 heteroatoms. The number of hydrogen-bond acceptors (Lipinski definition) is 4. The molecule has 3 aromatic rings. The highest BCUT2D eigenvalue weighted by molar-refractivity contribution is 9.10. The molecule has 0 saturated carbocycles. The van der Waals surface area contributed by atoms with Crippen LogP contribution in [0.25, 0.3) is 11.1 Å². The quantitative estimate of drug-likeness (QED) is 0.615. The van der Waals surface area contributed by atoms with Crippen molar-refractivity contribution >= 4 is 44.1 Å². The van der Waals surface area contributed by atoms with Crippen LogP contribution in [0.5, 0.6) is 0 Å². The lowest BCUT2D eigenvalue weighted by Gasteiger charge is -2.12. The highest BCUT2D eigenvalue weighted by Crippen LogP contribution is 2.30. The third kappa shape index (κ3) is 2.54. The number of benzene rings is 2. The smallest absolute Gasteiger partial charge is 0.408 e. The van der Waals surface area contributed by atoms with Crippen LogP contribution >= 0.6 is 15.9 Å². The molecule has 1 aromatic heterocycles. The molecular formula is C15H14BrN3O2. The molecule has 0 spiro atoms. The van der Waals surface area contributed by atoms with Gasteiger partial charge in [0.15, 0.2) is 5.58 Å². The molecule has 1 heterocycles. The number of fused-ring (bicyclic) bond motifs is 1. The molecule has 0 fully saturated rings. The predicted molar refractivity (Wildman–Crippen MR) is 88.1 cm³/mol. The number of oxazole rings is 1. The van der Waals surface area contributed by atoms with E-state index in [4.69, 9.17) is 10.2 Å². The highest BCUT2D eigenvalue weighted by Gasteiger charge is 2.08. The van der Waals surface area contributed by atoms with E-state index in [-0.39, 0.29) is 0 Å². The number of aromatic nitrogens is 1. The van der Waals surface area contributed by atoms with Gasteiger partial charge in [-0.3, -0.25) is 4.98 Å². The summed E-state index contributed by atoms with van der Waals surface area (Å²) in [4.78, 5) is 13.8. The van der Waals surface area contributed by atoms with E-state index in [9.17, 15) is 4.79 Å². The SMILES string of the molecule is Cc1cc(Nc2cc3[nH]c(=O)oc3cc2N)cc(C)c1Br. The zero-order valence-electron chi connectivity index (χ0n) is 11.6. The van der Waals surface area contributed by atoms with Gasteiger partial charge in [-0.05, 0) is 43.2 Å². The molecule has 21 heavy (non-hydrogen) atoms. The number of nitrogens with two attached hydrogens (primary N) is 1. The first-order valence-corrected chi connectivity index (χ1v) is 7.19. The second kappa shape index (κ2) is 4.96. The van der Waals surface area contributed by atoms with E-state index in [1.165, 1.54) is 0 Å². The molecule has 3 rings (SSSR count). The van der Waals surface area contributed by atoms with Crippen LogP contribution in [0.3, 0.4) is 0 Å². The number of nitrogen functional groups attached to an aromatic ring is 1. The number of aryl methyl sites for hydroxylation is 2. The molecular weight excluding hydrogens is 334 g/mol. The molecule has 0 saturated heterocycles. The Morgan fingerprint density at radius 1 is 1.19 bits per heavy atom. The van der Waals surface area contributed by atoms with Crippen LogP contribution in [0.4, 0.5) is 17.1 Å². The van der Waals surface area contributed by atoms with Gasteiger partial charge in [-0.1, -0.05) is 15.9 Å². The van der Waals surface area contributed by atoms with E-state index < -0.39 is 5.76 Å². The molecule has 0 amide bonds. The van der Waals surface area contributed by atoms with E-state index in [0.29, 0.717) is 16.8 Å². The minimum Gasteiger partial charge on any atom is -0.408 e. The molecule has 2 aromatic carbocycles. The van der Waals surface area contributed by atoms with Gasteiger partial charge in [-0.2, -0.15) is 0 Å². The lowest BCUT2D eigenvalue weighted by Crippen LogP contribution is -1.98. The molecule has 108 valence electrons. The Morgan fingerprint density at radius 2 is 1.86 bits per heavy atom. The van der Waals surface area contributed by atoms with E-state index in [0.717, 1.165) is 27.0 Å². The Hall–Kier alpha value is -2.21. The number of H-pyrrole nitrogens is 1. The highest BCUT2D eigenvalue weighted by atomic mass is 79.9. The van der Waals surface area contributed by atoms with Crippen molar-refractivity contribution in [3.8, 4) is 0 Å². The van der Waals surface area contributed by atoms with E-state index in [2.05, 4.69) is 26.2 Å². The molecule has 4 N–H and O–H groups in total. The van der Waals surface area contributed by atoms with Crippen LogP contribution in [-0.4, -0.2) is 4.98 Å². The zero-order valence-corrected chi connectivity index (χ0v) is 13.2. The minimum absolute atomic E-state index is 0.450. The first-order chi connectivity index (χ1) is 9.94. The predicted octanol–water partition coefficient (Wildman–Crippen LogP) is 3.83. The molecule has 0 aliphatic heterocycles. The lowest BCUT2D eigenvalue weighted by atomic mass is 10.1. The fourth-order valence-corrected chi connectivity index (χ4v) is 2.52. The molecule has 0 bridgehead atoms. The van der Waals surface area contributed by atoms with Crippen LogP contribution in [0.1, 0.15) is 11.1 Å². The van der Waals surface area contributed by atoms with Crippen molar-refractivity contribution in [1.82, 2.24) is 4.98 Å². The molecule has 0 aliphatic carbocycles. The summed E-state index contributed by atoms with van der Waals surface area (Å²) >= 11 is 3.54. The van der Waals surface area contributed by atoms with Crippen molar-refractivity contribution in [2.24, 2.45) is 0 Å². The lowest BCUT2D eigenvalue weighted by molar-refractivity contribution is 0.555. The van der Waals surface area contributed by atoms with Crippen molar-refractivity contribution in [3.63, 3.8) is 0 Å². The summed E-state index contributed by atoms with van der Waals surface area (Å²) in [5.41, 5.74) is 11.5. The number of aromatic amines is 1. The van der Waals surface area contributed by atoms with Gasteiger partial charge in [0.25, 0.3) is 0 Å². The van der Waals surface area contributed by atoms with E-state index >= 15 is 0 Å². The summed E-state index contributed by atoms with van der Waals surface area (Å²) < 4.78 is 6.08.